The Balaban J connectivity index is 2.42. The Hall–Kier alpha value is -1.55. The van der Waals surface area contributed by atoms with E-state index in [-0.39, 0.29) is 24.7 Å². The SMILES string of the molecule is CC(Cc1ccc(C(C)C)cc1)NC(=O)N[C@H](C)CCO. The first-order valence-electron chi connectivity index (χ1n) is 7.69. The molecule has 0 aliphatic rings. The molecule has 0 saturated carbocycles. The lowest BCUT2D eigenvalue weighted by atomic mass is 9.99. The summed E-state index contributed by atoms with van der Waals surface area (Å²) >= 11 is 0. The second-order valence-electron chi connectivity index (χ2n) is 6.03. The van der Waals surface area contributed by atoms with Crippen LogP contribution in [0.25, 0.3) is 0 Å². The van der Waals surface area contributed by atoms with E-state index in [1.807, 2.05) is 13.8 Å². The van der Waals surface area contributed by atoms with Gasteiger partial charge in [0.15, 0.2) is 0 Å². The van der Waals surface area contributed by atoms with Gasteiger partial charge in [-0.3, -0.25) is 0 Å². The van der Waals surface area contributed by atoms with Gasteiger partial charge in [-0.05, 0) is 43.7 Å². The topological polar surface area (TPSA) is 61.4 Å². The van der Waals surface area contributed by atoms with Crippen molar-refractivity contribution >= 4 is 6.03 Å². The quantitative estimate of drug-likeness (QED) is 0.723. The predicted molar refractivity (Wildman–Crippen MR) is 86.5 cm³/mol. The lowest BCUT2D eigenvalue weighted by Crippen LogP contribution is -2.45. The summed E-state index contributed by atoms with van der Waals surface area (Å²) < 4.78 is 0. The zero-order valence-electron chi connectivity index (χ0n) is 13.5. The number of benzene rings is 1. The highest BCUT2D eigenvalue weighted by atomic mass is 16.3. The summed E-state index contributed by atoms with van der Waals surface area (Å²) in [6, 6.07) is 8.41. The average molecular weight is 292 g/mol. The molecule has 0 radical (unpaired) electrons. The average Bonchev–Trinajstić information content (AvgIpc) is 2.38. The molecule has 0 aliphatic heterocycles. The molecule has 0 fully saturated rings. The third-order valence-corrected chi connectivity index (χ3v) is 3.51. The molecule has 0 bridgehead atoms. The zero-order chi connectivity index (χ0) is 15.8. The molecule has 0 heterocycles. The molecule has 118 valence electrons. The number of urea groups is 1. The van der Waals surface area contributed by atoms with E-state index in [0.717, 1.165) is 6.42 Å². The van der Waals surface area contributed by atoms with Gasteiger partial charge in [0.25, 0.3) is 0 Å². The first kappa shape index (κ1) is 17.5. The van der Waals surface area contributed by atoms with Gasteiger partial charge in [-0.15, -0.1) is 0 Å². The third-order valence-electron chi connectivity index (χ3n) is 3.51. The van der Waals surface area contributed by atoms with Crippen LogP contribution in [-0.4, -0.2) is 29.8 Å². The molecule has 3 N–H and O–H groups in total. The summed E-state index contributed by atoms with van der Waals surface area (Å²) in [5, 5.41) is 14.6. The van der Waals surface area contributed by atoms with Crippen molar-refractivity contribution in [2.24, 2.45) is 0 Å². The van der Waals surface area contributed by atoms with E-state index in [2.05, 4.69) is 48.7 Å². The Morgan fingerprint density at radius 2 is 1.62 bits per heavy atom. The van der Waals surface area contributed by atoms with Crippen molar-refractivity contribution in [3.63, 3.8) is 0 Å². The van der Waals surface area contributed by atoms with E-state index in [9.17, 15) is 4.79 Å². The zero-order valence-corrected chi connectivity index (χ0v) is 13.5. The van der Waals surface area contributed by atoms with Crippen LogP contribution in [0.2, 0.25) is 0 Å². The van der Waals surface area contributed by atoms with Crippen LogP contribution in [0.5, 0.6) is 0 Å². The fourth-order valence-electron chi connectivity index (χ4n) is 2.20. The van der Waals surface area contributed by atoms with Crippen molar-refractivity contribution in [1.82, 2.24) is 10.6 Å². The third kappa shape index (κ3) is 6.63. The summed E-state index contributed by atoms with van der Waals surface area (Å²) in [6.07, 6.45) is 1.37. The molecule has 21 heavy (non-hydrogen) atoms. The highest BCUT2D eigenvalue weighted by Gasteiger charge is 2.10. The van der Waals surface area contributed by atoms with E-state index >= 15 is 0 Å². The largest absolute Gasteiger partial charge is 0.396 e. The molecular formula is C17H28N2O2. The van der Waals surface area contributed by atoms with Crippen molar-refractivity contribution in [2.45, 2.75) is 58.5 Å². The van der Waals surface area contributed by atoms with Crippen molar-refractivity contribution in [3.05, 3.63) is 35.4 Å². The van der Waals surface area contributed by atoms with Gasteiger partial charge in [0.05, 0.1) is 0 Å². The second kappa shape index (κ2) is 8.67. The fraction of sp³-hybridized carbons (Fsp3) is 0.588. The Morgan fingerprint density at radius 1 is 1.05 bits per heavy atom. The maximum absolute atomic E-state index is 11.8. The Kier molecular flexibility index (Phi) is 7.23. The summed E-state index contributed by atoms with van der Waals surface area (Å²) in [6.45, 7) is 8.31. The number of rotatable bonds is 7. The molecule has 0 saturated heterocycles. The first-order chi connectivity index (χ1) is 9.92. The lowest BCUT2D eigenvalue weighted by Gasteiger charge is -2.18. The maximum Gasteiger partial charge on any atom is 0.315 e. The van der Waals surface area contributed by atoms with Crippen molar-refractivity contribution in [2.75, 3.05) is 6.61 Å². The number of aliphatic hydroxyl groups excluding tert-OH is 1. The number of carbonyl (C=O) groups excluding carboxylic acids is 1. The molecular weight excluding hydrogens is 264 g/mol. The highest BCUT2D eigenvalue weighted by molar-refractivity contribution is 5.74. The van der Waals surface area contributed by atoms with Gasteiger partial charge in [0, 0.05) is 18.7 Å². The number of carbonyl (C=O) groups is 1. The fourth-order valence-corrected chi connectivity index (χ4v) is 2.20. The number of aliphatic hydroxyl groups is 1. The number of nitrogens with one attached hydrogen (secondary N) is 2. The Morgan fingerprint density at radius 3 is 2.14 bits per heavy atom. The molecule has 0 spiro atoms. The molecule has 4 nitrogen and oxygen atoms in total. The predicted octanol–water partition coefficient (Wildman–Crippen LogP) is 2.81. The van der Waals surface area contributed by atoms with Gasteiger partial charge in [0.2, 0.25) is 0 Å². The first-order valence-corrected chi connectivity index (χ1v) is 7.69. The molecule has 4 heteroatoms. The smallest absolute Gasteiger partial charge is 0.315 e. The van der Waals surface area contributed by atoms with Crippen LogP contribution in [0.15, 0.2) is 24.3 Å². The van der Waals surface area contributed by atoms with Crippen LogP contribution >= 0.6 is 0 Å². The minimum absolute atomic E-state index is 0.0208. The molecule has 1 unspecified atom stereocenters. The van der Waals surface area contributed by atoms with Crippen LogP contribution in [0, 0.1) is 0 Å². The molecule has 1 aromatic carbocycles. The van der Waals surface area contributed by atoms with Gasteiger partial charge in [-0.2, -0.15) is 0 Å². The van der Waals surface area contributed by atoms with Crippen LogP contribution < -0.4 is 10.6 Å². The van der Waals surface area contributed by atoms with Crippen molar-refractivity contribution in [1.29, 1.82) is 0 Å². The van der Waals surface area contributed by atoms with E-state index in [4.69, 9.17) is 5.11 Å². The molecule has 2 amide bonds. The number of hydrogen-bond donors (Lipinski definition) is 3. The van der Waals surface area contributed by atoms with E-state index in [1.54, 1.807) is 0 Å². The maximum atomic E-state index is 11.8. The number of hydrogen-bond acceptors (Lipinski definition) is 2. The van der Waals surface area contributed by atoms with E-state index in [0.29, 0.717) is 12.3 Å². The normalized spacial score (nSPS) is 13.8. The summed E-state index contributed by atoms with van der Waals surface area (Å²) in [5.41, 5.74) is 2.55. The monoisotopic (exact) mass is 292 g/mol. The van der Waals surface area contributed by atoms with Gasteiger partial charge in [-0.1, -0.05) is 38.1 Å². The highest BCUT2D eigenvalue weighted by Crippen LogP contribution is 2.15. The van der Waals surface area contributed by atoms with Gasteiger partial charge in [0.1, 0.15) is 0 Å². The van der Waals surface area contributed by atoms with Crippen molar-refractivity contribution in [3.8, 4) is 0 Å². The second-order valence-corrected chi connectivity index (χ2v) is 6.03. The van der Waals surface area contributed by atoms with Gasteiger partial charge >= 0.3 is 6.03 Å². The van der Waals surface area contributed by atoms with E-state index in [1.165, 1.54) is 11.1 Å². The van der Waals surface area contributed by atoms with Crippen LogP contribution in [0.3, 0.4) is 0 Å². The Bertz CT molecular complexity index is 429. The molecule has 0 aromatic heterocycles. The molecule has 0 aliphatic carbocycles. The Labute approximate surface area is 128 Å². The van der Waals surface area contributed by atoms with Gasteiger partial charge in [-0.25, -0.2) is 4.79 Å². The van der Waals surface area contributed by atoms with Crippen LogP contribution in [0.1, 0.15) is 51.2 Å². The minimum atomic E-state index is -0.178. The van der Waals surface area contributed by atoms with Crippen LogP contribution in [-0.2, 0) is 6.42 Å². The van der Waals surface area contributed by atoms with Gasteiger partial charge < -0.3 is 15.7 Å². The molecule has 1 aromatic rings. The molecule has 1 rings (SSSR count). The van der Waals surface area contributed by atoms with Crippen LogP contribution in [0.4, 0.5) is 4.79 Å². The lowest BCUT2D eigenvalue weighted by molar-refractivity contribution is 0.228. The molecule has 2 atom stereocenters. The standard InChI is InChI=1S/C17H28N2O2/c1-12(2)16-7-5-15(6-8-16)11-14(4)19-17(21)18-13(3)9-10-20/h5-8,12-14,20H,9-11H2,1-4H3,(H2,18,19,21)/t13-,14?/m1/s1. The minimum Gasteiger partial charge on any atom is -0.396 e. The number of amides is 2. The summed E-state index contributed by atoms with van der Waals surface area (Å²) in [4.78, 5) is 11.8. The van der Waals surface area contributed by atoms with Crippen molar-refractivity contribution < 1.29 is 9.90 Å². The summed E-state index contributed by atoms with van der Waals surface area (Å²) in [5.74, 6) is 0.536. The summed E-state index contributed by atoms with van der Waals surface area (Å²) in [7, 11) is 0. The van der Waals surface area contributed by atoms with E-state index < -0.39 is 0 Å².